The molecule has 0 amide bonds. The van der Waals surface area contributed by atoms with Crippen molar-refractivity contribution >= 4 is 11.9 Å². The van der Waals surface area contributed by atoms with Gasteiger partial charge in [-0.1, -0.05) is 6.92 Å². The summed E-state index contributed by atoms with van der Waals surface area (Å²) in [7, 11) is 0. The van der Waals surface area contributed by atoms with E-state index in [9.17, 15) is 9.59 Å². The highest BCUT2D eigenvalue weighted by Crippen LogP contribution is 2.16. The number of benzene rings is 1. The van der Waals surface area contributed by atoms with Crippen molar-refractivity contribution < 1.29 is 19.8 Å². The lowest BCUT2D eigenvalue weighted by Crippen LogP contribution is -2.08. The molecule has 0 atom stereocenters. The summed E-state index contributed by atoms with van der Waals surface area (Å²) in [6.07, 6.45) is 1.41. The maximum Gasteiger partial charge on any atom is 0.335 e. The molecule has 1 aromatic carbocycles. The molecule has 1 aromatic heterocycles. The number of aromatic nitrogens is 4. The monoisotopic (exact) mass is 276 g/mol. The molecule has 2 N–H and O–H groups in total. The van der Waals surface area contributed by atoms with Crippen LogP contribution in [0.3, 0.4) is 0 Å². The SMILES string of the molecule is CCCc1nnnn1-c1cc(C(=O)O)cc(C(=O)O)c1. The number of tetrazole rings is 1. The second kappa shape index (κ2) is 5.47. The topological polar surface area (TPSA) is 118 Å². The maximum absolute atomic E-state index is 11.1. The lowest BCUT2D eigenvalue weighted by atomic mass is 10.1. The first-order chi connectivity index (χ1) is 9.52. The molecule has 2 aromatic rings. The second-order valence-electron chi connectivity index (χ2n) is 4.14. The largest absolute Gasteiger partial charge is 0.478 e. The van der Waals surface area contributed by atoms with Gasteiger partial charge in [-0.3, -0.25) is 0 Å². The quantitative estimate of drug-likeness (QED) is 0.836. The minimum absolute atomic E-state index is 0.127. The fourth-order valence-corrected chi connectivity index (χ4v) is 1.77. The normalized spacial score (nSPS) is 10.4. The molecule has 0 spiro atoms. The number of hydrogen-bond donors (Lipinski definition) is 2. The minimum atomic E-state index is -1.21. The van der Waals surface area contributed by atoms with Crippen LogP contribution in [0.2, 0.25) is 0 Å². The van der Waals surface area contributed by atoms with E-state index in [-0.39, 0.29) is 11.1 Å². The number of carbonyl (C=O) groups is 2. The Hall–Kier alpha value is -2.77. The van der Waals surface area contributed by atoms with E-state index in [0.29, 0.717) is 17.9 Å². The molecule has 104 valence electrons. The highest BCUT2D eigenvalue weighted by molar-refractivity contribution is 5.94. The van der Waals surface area contributed by atoms with E-state index < -0.39 is 11.9 Å². The molecule has 0 aliphatic rings. The number of aryl methyl sites for hydroxylation is 1. The maximum atomic E-state index is 11.1. The van der Waals surface area contributed by atoms with Crippen LogP contribution >= 0.6 is 0 Å². The number of carboxylic acid groups (broad SMARTS) is 2. The van der Waals surface area contributed by atoms with Crippen LogP contribution in [0.15, 0.2) is 18.2 Å². The van der Waals surface area contributed by atoms with Crippen LogP contribution in [-0.4, -0.2) is 42.4 Å². The molecule has 0 saturated carbocycles. The van der Waals surface area contributed by atoms with Crippen LogP contribution in [-0.2, 0) is 6.42 Å². The average molecular weight is 276 g/mol. The number of nitrogens with zero attached hydrogens (tertiary/aromatic N) is 4. The highest BCUT2D eigenvalue weighted by Gasteiger charge is 2.15. The number of carboxylic acids is 2. The summed E-state index contributed by atoms with van der Waals surface area (Å²) in [6, 6.07) is 3.77. The number of rotatable bonds is 5. The Kier molecular flexibility index (Phi) is 3.74. The molecular weight excluding hydrogens is 264 g/mol. The van der Waals surface area contributed by atoms with E-state index in [2.05, 4.69) is 15.5 Å². The van der Waals surface area contributed by atoms with Crippen LogP contribution in [0, 0.1) is 0 Å². The van der Waals surface area contributed by atoms with Crippen molar-refractivity contribution in [3.8, 4) is 5.69 Å². The van der Waals surface area contributed by atoms with Crippen LogP contribution in [0.1, 0.15) is 39.9 Å². The van der Waals surface area contributed by atoms with Gasteiger partial charge in [0.2, 0.25) is 0 Å². The third kappa shape index (κ3) is 2.63. The van der Waals surface area contributed by atoms with Gasteiger partial charge in [-0.2, -0.15) is 4.68 Å². The Balaban J connectivity index is 2.57. The van der Waals surface area contributed by atoms with Crippen molar-refractivity contribution in [2.45, 2.75) is 19.8 Å². The van der Waals surface area contributed by atoms with E-state index in [1.165, 1.54) is 16.8 Å². The van der Waals surface area contributed by atoms with Crippen molar-refractivity contribution in [3.63, 3.8) is 0 Å². The molecule has 20 heavy (non-hydrogen) atoms. The first-order valence-corrected chi connectivity index (χ1v) is 5.92. The third-order valence-corrected chi connectivity index (χ3v) is 2.66. The third-order valence-electron chi connectivity index (χ3n) is 2.66. The van der Waals surface area contributed by atoms with Gasteiger partial charge in [-0.15, -0.1) is 5.10 Å². The number of hydrogen-bond acceptors (Lipinski definition) is 5. The van der Waals surface area contributed by atoms with E-state index in [1.807, 2.05) is 6.92 Å². The lowest BCUT2D eigenvalue weighted by molar-refractivity contribution is 0.0696. The molecule has 8 nitrogen and oxygen atoms in total. The molecule has 8 heteroatoms. The van der Waals surface area contributed by atoms with Gasteiger partial charge in [0.1, 0.15) is 0 Å². The van der Waals surface area contributed by atoms with Gasteiger partial charge in [-0.05, 0) is 35.0 Å². The smallest absolute Gasteiger partial charge is 0.335 e. The van der Waals surface area contributed by atoms with Crippen LogP contribution in [0.25, 0.3) is 5.69 Å². The summed E-state index contributed by atoms with van der Waals surface area (Å²) in [4.78, 5) is 22.1. The van der Waals surface area contributed by atoms with E-state index >= 15 is 0 Å². The summed E-state index contributed by atoms with van der Waals surface area (Å²) in [5, 5.41) is 29.2. The summed E-state index contributed by atoms with van der Waals surface area (Å²) < 4.78 is 1.35. The van der Waals surface area contributed by atoms with Crippen LogP contribution in [0.5, 0.6) is 0 Å². The summed E-state index contributed by atoms with van der Waals surface area (Å²) in [6.45, 7) is 1.95. The molecule has 0 bridgehead atoms. The zero-order chi connectivity index (χ0) is 14.7. The first-order valence-electron chi connectivity index (χ1n) is 5.92. The van der Waals surface area contributed by atoms with Crippen molar-refractivity contribution in [3.05, 3.63) is 35.2 Å². The Morgan fingerprint density at radius 1 is 1.15 bits per heavy atom. The second-order valence-corrected chi connectivity index (χ2v) is 4.14. The summed E-state index contributed by atoms with van der Waals surface area (Å²) >= 11 is 0. The predicted molar refractivity (Wildman–Crippen MR) is 67.1 cm³/mol. The Bertz CT molecular complexity index is 633. The summed E-state index contributed by atoms with van der Waals surface area (Å²) in [5.41, 5.74) is 0.0615. The molecule has 0 aliphatic heterocycles. The predicted octanol–water partition coefficient (Wildman–Crippen LogP) is 1.01. The van der Waals surface area contributed by atoms with Gasteiger partial charge >= 0.3 is 11.9 Å². The van der Waals surface area contributed by atoms with Gasteiger partial charge in [0, 0.05) is 6.42 Å². The fraction of sp³-hybridized carbons (Fsp3) is 0.250. The Morgan fingerprint density at radius 3 is 2.25 bits per heavy atom. The van der Waals surface area contributed by atoms with Gasteiger partial charge in [0.05, 0.1) is 16.8 Å². The highest BCUT2D eigenvalue weighted by atomic mass is 16.4. The van der Waals surface area contributed by atoms with Gasteiger partial charge in [0.25, 0.3) is 0 Å². The van der Waals surface area contributed by atoms with Crippen molar-refractivity contribution in [1.82, 2.24) is 20.2 Å². The molecule has 0 radical (unpaired) electrons. The van der Waals surface area contributed by atoms with Gasteiger partial charge in [0.15, 0.2) is 5.82 Å². The van der Waals surface area contributed by atoms with E-state index in [4.69, 9.17) is 10.2 Å². The molecule has 0 saturated heterocycles. The zero-order valence-corrected chi connectivity index (χ0v) is 10.6. The zero-order valence-electron chi connectivity index (χ0n) is 10.6. The molecule has 0 unspecified atom stereocenters. The van der Waals surface area contributed by atoms with Crippen molar-refractivity contribution in [2.24, 2.45) is 0 Å². The van der Waals surface area contributed by atoms with Gasteiger partial charge in [-0.25, -0.2) is 9.59 Å². The fourth-order valence-electron chi connectivity index (χ4n) is 1.77. The van der Waals surface area contributed by atoms with Gasteiger partial charge < -0.3 is 10.2 Å². The van der Waals surface area contributed by atoms with Crippen molar-refractivity contribution in [2.75, 3.05) is 0 Å². The van der Waals surface area contributed by atoms with E-state index in [1.54, 1.807) is 0 Å². The molecule has 1 heterocycles. The number of aromatic carboxylic acids is 2. The molecule has 0 aliphatic carbocycles. The molecular formula is C12H12N4O4. The first kappa shape index (κ1) is 13.7. The van der Waals surface area contributed by atoms with E-state index in [0.717, 1.165) is 12.5 Å². The van der Waals surface area contributed by atoms with Crippen LogP contribution in [0.4, 0.5) is 0 Å². The molecule has 2 rings (SSSR count). The Labute approximate surface area is 113 Å². The summed E-state index contributed by atoms with van der Waals surface area (Å²) in [5.74, 6) is -1.87. The van der Waals surface area contributed by atoms with Crippen LogP contribution < -0.4 is 0 Å². The molecule has 0 fully saturated rings. The minimum Gasteiger partial charge on any atom is -0.478 e. The average Bonchev–Trinajstić information content (AvgIpc) is 2.86. The lowest BCUT2D eigenvalue weighted by Gasteiger charge is -2.06. The standard InChI is InChI=1S/C12H12N4O4/c1-2-3-10-13-14-15-16(10)9-5-7(11(17)18)4-8(6-9)12(19)20/h4-6H,2-3H2,1H3,(H,17,18)(H,19,20). The Morgan fingerprint density at radius 2 is 1.75 bits per heavy atom. The van der Waals surface area contributed by atoms with Crippen molar-refractivity contribution in [1.29, 1.82) is 0 Å².